The maximum absolute atomic E-state index is 11.8. The van der Waals surface area contributed by atoms with Crippen LogP contribution in [0.4, 0.5) is 0 Å². The van der Waals surface area contributed by atoms with Crippen LogP contribution in [0.5, 0.6) is 0 Å². The Balaban J connectivity index is 1.61. The number of hydrogen-bond donors (Lipinski definition) is 6. The Labute approximate surface area is 231 Å². The van der Waals surface area contributed by atoms with Crippen LogP contribution < -0.4 is 21.6 Å². The number of amides is 1. The second-order valence-corrected chi connectivity index (χ2v) is 9.67. The van der Waals surface area contributed by atoms with E-state index >= 15 is 0 Å². The normalized spacial score (nSPS) is 10.9. The maximum atomic E-state index is 11.8. The number of nitrogens with zero attached hydrogens (tertiary/aromatic N) is 1. The van der Waals surface area contributed by atoms with Gasteiger partial charge in [0.2, 0.25) is 5.91 Å². The average molecular weight is 529 g/mol. The molecule has 0 saturated heterocycles. The van der Waals surface area contributed by atoms with Crippen LogP contribution in [0.1, 0.15) is 35.6 Å². The minimum atomic E-state index is -1.54. The first-order chi connectivity index (χ1) is 18.7. The number of nitrogens with one attached hydrogen (secondary N) is 2. The van der Waals surface area contributed by atoms with E-state index in [-0.39, 0.29) is 5.91 Å². The molecule has 6 N–H and O–H groups in total. The first-order valence-electron chi connectivity index (χ1n) is 13.1. The van der Waals surface area contributed by atoms with Crippen molar-refractivity contribution in [2.24, 2.45) is 0 Å². The Morgan fingerprint density at radius 2 is 1.36 bits per heavy atom. The monoisotopic (exact) mass is 529 g/mol. The summed E-state index contributed by atoms with van der Waals surface area (Å²) >= 11 is 0. The summed E-state index contributed by atoms with van der Waals surface area (Å²) in [4.78, 5) is 14.0. The summed E-state index contributed by atoms with van der Waals surface area (Å²) in [5, 5.41) is 44.9. The largest absolute Gasteiger partial charge is 0.488 e. The summed E-state index contributed by atoms with van der Waals surface area (Å²) in [7, 11) is -3.04. The molecule has 3 aromatic carbocycles. The molecule has 0 aromatic heterocycles. The van der Waals surface area contributed by atoms with Gasteiger partial charge in [0.1, 0.15) is 0 Å². The molecule has 0 unspecified atom stereocenters. The minimum absolute atomic E-state index is 0.157. The van der Waals surface area contributed by atoms with Gasteiger partial charge in [0.05, 0.1) is 0 Å². The van der Waals surface area contributed by atoms with E-state index < -0.39 is 14.2 Å². The third kappa shape index (κ3) is 9.78. The number of benzene rings is 3. The molecule has 8 nitrogen and oxygen atoms in total. The summed E-state index contributed by atoms with van der Waals surface area (Å²) in [6.07, 6.45) is 0.731. The van der Waals surface area contributed by atoms with Gasteiger partial charge in [0.25, 0.3) is 0 Å². The summed E-state index contributed by atoms with van der Waals surface area (Å²) < 4.78 is 0. The van der Waals surface area contributed by atoms with Crippen LogP contribution in [-0.4, -0.2) is 58.2 Å². The Morgan fingerprint density at radius 3 is 1.97 bits per heavy atom. The van der Waals surface area contributed by atoms with E-state index in [4.69, 9.17) is 0 Å². The van der Waals surface area contributed by atoms with Crippen molar-refractivity contribution in [1.82, 2.24) is 15.5 Å². The summed E-state index contributed by atoms with van der Waals surface area (Å²) in [6.45, 7) is 8.89. The smallest absolute Gasteiger partial charge is 0.423 e. The van der Waals surface area contributed by atoms with Crippen molar-refractivity contribution in [3.8, 4) is 0 Å². The fourth-order valence-electron chi connectivity index (χ4n) is 4.35. The number of rotatable bonds is 15. The van der Waals surface area contributed by atoms with Gasteiger partial charge in [-0.15, -0.1) is 0 Å². The summed E-state index contributed by atoms with van der Waals surface area (Å²) in [6, 6.07) is 22.8. The van der Waals surface area contributed by atoms with Crippen molar-refractivity contribution in [2.75, 3.05) is 13.1 Å². The van der Waals surface area contributed by atoms with Gasteiger partial charge >= 0.3 is 14.2 Å². The van der Waals surface area contributed by atoms with E-state index in [0.29, 0.717) is 55.8 Å². The minimum Gasteiger partial charge on any atom is -0.423 e. The highest BCUT2D eigenvalue weighted by Crippen LogP contribution is 2.12. The standard InChI is InChI=1S/C29H37B2N3O5/c1-22(2)29(35)33-16-7-17-34(21-26-9-4-6-11-28(26)31(38)39)20-24-14-12-23(13-15-24)18-32-19-25-8-3-5-10-27(25)30(36)37/h3-6,8-15,32,36-39H,1,7,16-21H2,2H3,(H,33,35). The van der Waals surface area contributed by atoms with Crippen LogP contribution in [0.2, 0.25) is 0 Å². The third-order valence-corrected chi connectivity index (χ3v) is 6.46. The van der Waals surface area contributed by atoms with Gasteiger partial charge in [-0.05, 0) is 46.5 Å². The zero-order chi connectivity index (χ0) is 28.2. The molecule has 0 fully saturated rings. The first-order valence-corrected chi connectivity index (χ1v) is 13.1. The van der Waals surface area contributed by atoms with Crippen molar-refractivity contribution in [1.29, 1.82) is 0 Å². The van der Waals surface area contributed by atoms with Gasteiger partial charge in [-0.25, -0.2) is 0 Å². The lowest BCUT2D eigenvalue weighted by Crippen LogP contribution is -2.36. The highest BCUT2D eigenvalue weighted by atomic mass is 16.4. The molecule has 204 valence electrons. The second kappa shape index (κ2) is 15.4. The second-order valence-electron chi connectivity index (χ2n) is 9.67. The molecule has 10 heteroatoms. The Morgan fingerprint density at radius 1 is 0.795 bits per heavy atom. The van der Waals surface area contributed by atoms with Crippen molar-refractivity contribution in [3.05, 3.63) is 107 Å². The van der Waals surface area contributed by atoms with Gasteiger partial charge in [-0.3, -0.25) is 9.69 Å². The molecule has 1 amide bonds. The summed E-state index contributed by atoms with van der Waals surface area (Å²) in [5.41, 5.74) is 5.34. The van der Waals surface area contributed by atoms with Gasteiger partial charge < -0.3 is 30.7 Å². The van der Waals surface area contributed by atoms with Crippen molar-refractivity contribution in [2.45, 2.75) is 39.5 Å². The van der Waals surface area contributed by atoms with Crippen LogP contribution in [0.3, 0.4) is 0 Å². The van der Waals surface area contributed by atoms with E-state index in [1.54, 1.807) is 31.2 Å². The first kappa shape index (κ1) is 30.3. The predicted molar refractivity (Wildman–Crippen MR) is 156 cm³/mol. The lowest BCUT2D eigenvalue weighted by atomic mass is 9.77. The highest BCUT2D eigenvalue weighted by Gasteiger charge is 2.18. The average Bonchev–Trinajstić information content (AvgIpc) is 2.92. The Hall–Kier alpha value is -3.24. The van der Waals surface area contributed by atoms with Gasteiger partial charge in [-0.1, -0.05) is 79.4 Å². The Bertz CT molecular complexity index is 1220. The Kier molecular flexibility index (Phi) is 11.9. The number of carbonyl (C=O) groups excluding carboxylic acids is 1. The molecular weight excluding hydrogens is 492 g/mol. The highest BCUT2D eigenvalue weighted by molar-refractivity contribution is 6.59. The van der Waals surface area contributed by atoms with Gasteiger partial charge in [-0.2, -0.15) is 0 Å². The van der Waals surface area contributed by atoms with Gasteiger partial charge in [0, 0.05) is 44.8 Å². The quantitative estimate of drug-likeness (QED) is 0.0959. The van der Waals surface area contributed by atoms with Crippen molar-refractivity contribution in [3.63, 3.8) is 0 Å². The number of carbonyl (C=O) groups is 1. The van der Waals surface area contributed by atoms with Crippen molar-refractivity contribution >= 4 is 31.1 Å². The van der Waals surface area contributed by atoms with Crippen LogP contribution in [0.25, 0.3) is 0 Å². The molecule has 3 rings (SSSR count). The molecule has 0 saturated carbocycles. The van der Waals surface area contributed by atoms with E-state index in [2.05, 4.69) is 46.4 Å². The molecule has 0 aliphatic heterocycles. The van der Waals surface area contributed by atoms with E-state index in [1.165, 1.54) is 0 Å². The van der Waals surface area contributed by atoms with Crippen LogP contribution in [0, 0.1) is 0 Å². The fraction of sp³-hybridized carbons (Fsp3) is 0.276. The molecule has 0 atom stereocenters. The number of hydrogen-bond acceptors (Lipinski definition) is 7. The molecule has 0 spiro atoms. The van der Waals surface area contributed by atoms with Crippen LogP contribution in [-0.2, 0) is 31.0 Å². The van der Waals surface area contributed by atoms with Gasteiger partial charge in [0.15, 0.2) is 0 Å². The topological polar surface area (TPSA) is 125 Å². The molecule has 39 heavy (non-hydrogen) atoms. The molecule has 0 bridgehead atoms. The van der Waals surface area contributed by atoms with Crippen LogP contribution in [0.15, 0.2) is 84.9 Å². The van der Waals surface area contributed by atoms with E-state index in [1.807, 2.05) is 24.3 Å². The SMILES string of the molecule is C=C(C)C(=O)NCCCN(Cc1ccc(CNCc2ccccc2B(O)O)cc1)Cc1ccccc1B(O)O. The third-order valence-electron chi connectivity index (χ3n) is 6.46. The molecule has 0 radical (unpaired) electrons. The molecule has 0 aliphatic rings. The van der Waals surface area contributed by atoms with E-state index in [0.717, 1.165) is 28.7 Å². The maximum Gasteiger partial charge on any atom is 0.488 e. The van der Waals surface area contributed by atoms with Crippen LogP contribution >= 0.6 is 0 Å². The molecule has 3 aromatic rings. The molecule has 0 aliphatic carbocycles. The lowest BCUT2D eigenvalue weighted by Gasteiger charge is -2.24. The van der Waals surface area contributed by atoms with E-state index in [9.17, 15) is 24.9 Å². The molecule has 0 heterocycles. The summed E-state index contributed by atoms with van der Waals surface area (Å²) in [5.74, 6) is -0.157. The van der Waals surface area contributed by atoms with Crippen molar-refractivity contribution < 1.29 is 24.9 Å². The zero-order valence-corrected chi connectivity index (χ0v) is 22.4. The zero-order valence-electron chi connectivity index (χ0n) is 22.4. The predicted octanol–water partition coefficient (Wildman–Crippen LogP) is 0.421. The molecular formula is C29H37B2N3O5. The lowest BCUT2D eigenvalue weighted by molar-refractivity contribution is -0.117. The fourth-order valence-corrected chi connectivity index (χ4v) is 4.35.